The van der Waals surface area contributed by atoms with E-state index in [4.69, 9.17) is 23.2 Å². The van der Waals surface area contributed by atoms with E-state index in [1.54, 1.807) is 24.3 Å². The Morgan fingerprint density at radius 1 is 1.18 bits per heavy atom. The van der Waals surface area contributed by atoms with Crippen LogP contribution in [0, 0.1) is 11.2 Å². The van der Waals surface area contributed by atoms with Crippen molar-refractivity contribution in [3.05, 3.63) is 63.4 Å². The van der Waals surface area contributed by atoms with Crippen LogP contribution in [-0.2, 0) is 15.0 Å². The first-order valence-corrected chi connectivity index (χ1v) is 14.7. The Balaban J connectivity index is 1.67. The number of benzene rings is 2. The number of carbonyl (C=O) groups is 2. The summed E-state index contributed by atoms with van der Waals surface area (Å²) in [7, 11) is 0. The number of carbonyl (C=O) groups excluding carboxylic acids is 2. The van der Waals surface area contributed by atoms with Crippen LogP contribution < -0.4 is 10.6 Å². The fraction of sp³-hybridized carbons (Fsp3) is 0.517. The zero-order chi connectivity index (χ0) is 27.4. The van der Waals surface area contributed by atoms with Crippen LogP contribution in [0.1, 0.15) is 69.9 Å². The van der Waals surface area contributed by atoms with Crippen molar-refractivity contribution in [3.8, 4) is 0 Å². The summed E-state index contributed by atoms with van der Waals surface area (Å²) in [5.74, 6) is -1.72. The lowest BCUT2D eigenvalue weighted by Gasteiger charge is -2.38. The van der Waals surface area contributed by atoms with E-state index in [1.165, 1.54) is 6.07 Å². The average Bonchev–Trinajstić information content (AvgIpc) is 3.31. The number of nitrogens with one attached hydrogen (secondary N) is 2. The maximum Gasteiger partial charge on any atom is 0.238 e. The van der Waals surface area contributed by atoms with Crippen LogP contribution >= 0.6 is 35.0 Å². The van der Waals surface area contributed by atoms with Crippen LogP contribution in [0.2, 0.25) is 10.0 Å². The molecule has 5 rings (SSSR count). The molecule has 1 aliphatic carbocycles. The van der Waals surface area contributed by atoms with Gasteiger partial charge in [-0.15, -0.1) is 0 Å². The van der Waals surface area contributed by atoms with Gasteiger partial charge in [-0.3, -0.25) is 9.59 Å². The predicted octanol–water partition coefficient (Wildman–Crippen LogP) is 5.98. The van der Waals surface area contributed by atoms with Gasteiger partial charge in [0.15, 0.2) is 0 Å². The van der Waals surface area contributed by atoms with Crippen molar-refractivity contribution in [2.75, 3.05) is 0 Å². The number of hydrogen-bond acceptors (Lipinski definition) is 5. The van der Waals surface area contributed by atoms with E-state index in [1.807, 2.05) is 6.07 Å². The molecule has 2 heterocycles. The van der Waals surface area contributed by atoms with Crippen LogP contribution in [0.5, 0.6) is 0 Å². The van der Waals surface area contributed by atoms with E-state index in [-0.39, 0.29) is 39.2 Å². The number of hydrogen-bond donors (Lipinski definition) is 3. The van der Waals surface area contributed by atoms with Crippen molar-refractivity contribution >= 4 is 46.0 Å². The summed E-state index contributed by atoms with van der Waals surface area (Å²) in [5, 5.41) is 16.9. The molecule has 9 heteroatoms. The third kappa shape index (κ3) is 4.90. The molecule has 2 aromatic rings. The molecule has 1 saturated carbocycles. The lowest BCUT2D eigenvalue weighted by Crippen LogP contribution is -2.49. The van der Waals surface area contributed by atoms with E-state index in [9.17, 15) is 14.7 Å². The number of thioether (sulfide) groups is 1. The molecule has 1 amide bonds. The first kappa shape index (κ1) is 27.9. The van der Waals surface area contributed by atoms with Crippen LogP contribution in [-0.4, -0.2) is 40.4 Å². The number of fused-ring (bicyclic) bond motifs is 2. The molecule has 2 aliphatic heterocycles. The van der Waals surface area contributed by atoms with Gasteiger partial charge in [0.2, 0.25) is 11.0 Å². The van der Waals surface area contributed by atoms with Crippen LogP contribution in [0.15, 0.2) is 41.3 Å². The maximum atomic E-state index is 15.8. The van der Waals surface area contributed by atoms with E-state index in [0.29, 0.717) is 37.1 Å². The molecule has 3 aliphatic rings. The Bertz CT molecular complexity index is 1260. The molecule has 1 spiro atoms. The molecule has 3 N–H and O–H groups in total. The Labute approximate surface area is 237 Å². The molecule has 204 valence electrons. The molecule has 1 saturated heterocycles. The van der Waals surface area contributed by atoms with Gasteiger partial charge in [-0.2, -0.15) is 0 Å². The minimum absolute atomic E-state index is 0.0493. The number of halogens is 3. The molecular weight excluding hydrogens is 546 g/mol. The van der Waals surface area contributed by atoms with Gasteiger partial charge in [-0.25, -0.2) is 4.39 Å². The second kappa shape index (κ2) is 10.4. The highest BCUT2D eigenvalue weighted by molar-refractivity contribution is 8.14. The quantitative estimate of drug-likeness (QED) is 0.415. The van der Waals surface area contributed by atoms with Crippen molar-refractivity contribution in [2.45, 2.75) is 93.3 Å². The zero-order valence-corrected chi connectivity index (χ0v) is 24.0. The Morgan fingerprint density at radius 2 is 1.89 bits per heavy atom. The Kier molecular flexibility index (Phi) is 7.64. The minimum Gasteiger partial charge on any atom is -0.393 e. The highest BCUT2D eigenvalue weighted by Crippen LogP contribution is 2.60. The van der Waals surface area contributed by atoms with Crippen molar-refractivity contribution in [2.24, 2.45) is 5.41 Å². The third-order valence-corrected chi connectivity index (χ3v) is 9.75. The van der Waals surface area contributed by atoms with Crippen LogP contribution in [0.25, 0.3) is 0 Å². The van der Waals surface area contributed by atoms with Crippen molar-refractivity contribution in [1.82, 2.24) is 10.6 Å². The van der Waals surface area contributed by atoms with E-state index >= 15 is 4.39 Å². The van der Waals surface area contributed by atoms with E-state index in [0.717, 1.165) is 22.2 Å². The molecule has 0 unspecified atom stereocenters. The number of aliphatic hydroxyl groups is 1. The molecule has 5 nitrogen and oxygen atoms in total. The topological polar surface area (TPSA) is 78.4 Å². The summed E-state index contributed by atoms with van der Waals surface area (Å²) in [6, 6.07) is 8.77. The number of aliphatic hydroxyl groups excluding tert-OH is 1. The van der Waals surface area contributed by atoms with Gasteiger partial charge in [0.1, 0.15) is 5.82 Å². The summed E-state index contributed by atoms with van der Waals surface area (Å²) >= 11 is 13.7. The lowest BCUT2D eigenvalue weighted by molar-refractivity contribution is -0.124. The normalized spacial score (nSPS) is 31.0. The summed E-state index contributed by atoms with van der Waals surface area (Å²) < 4.78 is 15.8. The smallest absolute Gasteiger partial charge is 0.238 e. The monoisotopic (exact) mass is 578 g/mol. The molecule has 38 heavy (non-hydrogen) atoms. The number of amides is 1. The minimum atomic E-state index is -1.20. The van der Waals surface area contributed by atoms with Crippen molar-refractivity contribution < 1.29 is 19.1 Å². The van der Waals surface area contributed by atoms with Gasteiger partial charge in [0.25, 0.3) is 0 Å². The fourth-order valence-corrected chi connectivity index (χ4v) is 8.22. The average molecular weight is 580 g/mol. The molecule has 0 bridgehead atoms. The molecule has 2 aromatic carbocycles. The largest absolute Gasteiger partial charge is 0.393 e. The zero-order valence-electron chi connectivity index (χ0n) is 21.7. The molecular formula is C29H33Cl2FN2O3S. The Morgan fingerprint density at radius 3 is 2.58 bits per heavy atom. The van der Waals surface area contributed by atoms with Gasteiger partial charge in [-0.05, 0) is 66.8 Å². The Hall–Kier alpha value is -1.64. The highest BCUT2D eigenvalue weighted by Gasteiger charge is 2.66. The van der Waals surface area contributed by atoms with Gasteiger partial charge in [-0.1, -0.05) is 73.9 Å². The SMILES string of the molecule is CC(C)(C)C[C@H]1N[C@@H](C(=O)N[C@H]2CC[C@H](O)CC2)[C@H](c2cccc(Cl)c2F)[C@@]12C(=O)Sc1cc(Cl)ccc12. The predicted molar refractivity (Wildman–Crippen MR) is 149 cm³/mol. The van der Waals surface area contributed by atoms with Crippen molar-refractivity contribution in [1.29, 1.82) is 0 Å². The third-order valence-electron chi connectivity index (χ3n) is 8.14. The van der Waals surface area contributed by atoms with Crippen LogP contribution in [0.3, 0.4) is 0 Å². The molecule has 0 radical (unpaired) electrons. The fourth-order valence-electron chi connectivity index (χ4n) is 6.52. The highest BCUT2D eigenvalue weighted by atomic mass is 35.5. The number of rotatable bonds is 4. The molecule has 0 aromatic heterocycles. The van der Waals surface area contributed by atoms with Crippen molar-refractivity contribution in [3.63, 3.8) is 0 Å². The van der Waals surface area contributed by atoms with E-state index in [2.05, 4.69) is 31.4 Å². The van der Waals surface area contributed by atoms with Crippen LogP contribution in [0.4, 0.5) is 4.39 Å². The summed E-state index contributed by atoms with van der Waals surface area (Å²) in [6.07, 6.45) is 2.81. The van der Waals surface area contributed by atoms with Gasteiger partial charge in [0.05, 0.1) is 22.6 Å². The molecule has 4 atom stereocenters. The summed E-state index contributed by atoms with van der Waals surface area (Å²) in [4.78, 5) is 28.9. The second-order valence-corrected chi connectivity index (χ2v) is 13.9. The first-order valence-electron chi connectivity index (χ1n) is 13.1. The second-order valence-electron chi connectivity index (χ2n) is 12.0. The van der Waals surface area contributed by atoms with E-state index < -0.39 is 29.2 Å². The summed E-state index contributed by atoms with van der Waals surface area (Å²) in [5.41, 5.74) is -0.377. The van der Waals surface area contributed by atoms with Gasteiger partial charge < -0.3 is 15.7 Å². The molecule has 2 fully saturated rings. The first-order chi connectivity index (χ1) is 17.9. The standard InChI is InChI=1S/C29H33Cl2FN2O3S/c1-28(2,3)14-22-29(19-12-7-15(30)13-21(19)38-27(29)37)23(18-5-4-6-20(31)24(18)32)25(34-22)26(36)33-16-8-10-17(35)11-9-16/h4-7,12-13,16-17,22-23,25,34-35H,8-11,14H2,1-3H3,(H,33,36)/t16-,17-,22-,23+,25-,29+/m1/s1. The summed E-state index contributed by atoms with van der Waals surface area (Å²) in [6.45, 7) is 6.27. The lowest BCUT2D eigenvalue weighted by atomic mass is 9.62. The van der Waals surface area contributed by atoms with Gasteiger partial charge >= 0.3 is 0 Å². The maximum absolute atomic E-state index is 15.8. The van der Waals surface area contributed by atoms with Gasteiger partial charge in [0, 0.05) is 27.9 Å².